The van der Waals surface area contributed by atoms with Crippen molar-refractivity contribution in [2.45, 2.75) is 0 Å². The van der Waals surface area contributed by atoms with Gasteiger partial charge in [-0.05, 0) is 0 Å². The molecule has 0 unspecified atom stereocenters. The quantitative estimate of drug-likeness (QED) is 0.481. The van der Waals surface area contributed by atoms with Crippen LogP contribution in [0.4, 0.5) is 0 Å². The van der Waals surface area contributed by atoms with Crippen LogP contribution in [0.5, 0.6) is 0 Å². The van der Waals surface area contributed by atoms with E-state index in [-0.39, 0.29) is 33.6 Å². The first kappa shape index (κ1) is 18.4. The van der Waals surface area contributed by atoms with Crippen LogP contribution in [-0.4, -0.2) is 0 Å². The molecule has 0 amide bonds. The summed E-state index contributed by atoms with van der Waals surface area (Å²) < 4.78 is 8.00. The third-order valence-electron chi connectivity index (χ3n) is 0. The minimum atomic E-state index is 0. The fourth-order valence-corrected chi connectivity index (χ4v) is 0. The Morgan fingerprint density at radius 2 is 1.25 bits per heavy atom. The first-order valence-electron chi connectivity index (χ1n) is 0.144. The molecular formula is FeMnNiO. The summed E-state index contributed by atoms with van der Waals surface area (Å²) in [7, 11) is 0. The summed E-state index contributed by atoms with van der Waals surface area (Å²) in [6.07, 6.45) is 0. The van der Waals surface area contributed by atoms with Gasteiger partial charge >= 0.3 is 19.8 Å². The van der Waals surface area contributed by atoms with Gasteiger partial charge in [-0.25, -0.2) is 0 Å². The summed E-state index contributed by atoms with van der Waals surface area (Å²) in [6, 6.07) is 0. The monoisotopic (exact) mass is 185 g/mol. The van der Waals surface area contributed by atoms with Gasteiger partial charge in [0.25, 0.3) is 0 Å². The summed E-state index contributed by atoms with van der Waals surface area (Å²) in [6.45, 7) is 0. The van der Waals surface area contributed by atoms with Gasteiger partial charge in [-0.3, -0.25) is 0 Å². The van der Waals surface area contributed by atoms with Gasteiger partial charge in [0.2, 0.25) is 0 Å². The molecule has 4 heavy (non-hydrogen) atoms. The van der Waals surface area contributed by atoms with Crippen molar-refractivity contribution < 1.29 is 53.3 Å². The molecule has 1 nitrogen and oxygen atoms in total. The van der Waals surface area contributed by atoms with Crippen molar-refractivity contribution >= 4 is 0 Å². The van der Waals surface area contributed by atoms with Crippen molar-refractivity contribution in [1.29, 1.82) is 0 Å². The molecule has 0 aromatic heterocycles. The van der Waals surface area contributed by atoms with Crippen LogP contribution < -0.4 is 0 Å². The van der Waals surface area contributed by atoms with Crippen LogP contribution in [0.1, 0.15) is 0 Å². The minimum absolute atomic E-state index is 0. The van der Waals surface area contributed by atoms with Crippen molar-refractivity contribution in [2.24, 2.45) is 0 Å². The van der Waals surface area contributed by atoms with Crippen LogP contribution in [-0.2, 0) is 53.3 Å². The maximum absolute atomic E-state index is 8.00. The summed E-state index contributed by atoms with van der Waals surface area (Å²) in [5, 5.41) is 0. The maximum atomic E-state index is 8.00. The van der Waals surface area contributed by atoms with Gasteiger partial charge in [0, 0.05) is 33.6 Å². The van der Waals surface area contributed by atoms with Gasteiger partial charge in [-0.15, -0.1) is 0 Å². The van der Waals surface area contributed by atoms with E-state index in [1.807, 2.05) is 15.9 Å². The second kappa shape index (κ2) is 27.1. The van der Waals surface area contributed by atoms with Crippen LogP contribution in [0.15, 0.2) is 0 Å². The van der Waals surface area contributed by atoms with E-state index in [0.717, 1.165) is 0 Å². The number of rotatable bonds is 0. The third kappa shape index (κ3) is 10.2. The second-order valence-corrected chi connectivity index (χ2v) is 0. The summed E-state index contributed by atoms with van der Waals surface area (Å²) in [4.78, 5) is 0. The van der Waals surface area contributed by atoms with Gasteiger partial charge in [0.1, 0.15) is 0 Å². The molecular weight excluding hydrogens is 185 g/mol. The Morgan fingerprint density at radius 1 is 1.25 bits per heavy atom. The number of hydrogen-bond acceptors (Lipinski definition) is 1. The van der Waals surface area contributed by atoms with E-state index in [1.165, 1.54) is 0 Å². The predicted molar refractivity (Wildman–Crippen MR) is 0.686 cm³/mol. The molecule has 0 aliphatic rings. The van der Waals surface area contributed by atoms with E-state index in [2.05, 4.69) is 0 Å². The summed E-state index contributed by atoms with van der Waals surface area (Å²) in [5.74, 6) is 0. The molecule has 0 rings (SSSR count). The third-order valence-corrected chi connectivity index (χ3v) is 0. The SMILES string of the molecule is [Mn].[Ni].[O]=[Fe]. The normalized spacial score (nSPS) is 1.25. The first-order valence-corrected chi connectivity index (χ1v) is 0.595. The molecule has 0 aromatic carbocycles. The Morgan fingerprint density at radius 3 is 1.25 bits per heavy atom. The van der Waals surface area contributed by atoms with Gasteiger partial charge in [0.15, 0.2) is 0 Å². The molecule has 0 aromatic rings. The van der Waals surface area contributed by atoms with Gasteiger partial charge in [-0.1, -0.05) is 0 Å². The van der Waals surface area contributed by atoms with Crippen LogP contribution >= 0.6 is 0 Å². The van der Waals surface area contributed by atoms with Crippen molar-refractivity contribution in [3.63, 3.8) is 0 Å². The Bertz CT molecular complexity index is 8.00. The van der Waals surface area contributed by atoms with Gasteiger partial charge in [0.05, 0.1) is 0 Å². The van der Waals surface area contributed by atoms with E-state index in [4.69, 9.17) is 3.83 Å². The molecule has 0 fully saturated rings. The van der Waals surface area contributed by atoms with Crippen molar-refractivity contribution in [1.82, 2.24) is 0 Å². The first-order chi connectivity index (χ1) is 1.00. The molecule has 0 spiro atoms. The Hall–Kier alpha value is 1.33. The Balaban J connectivity index is -0.00000000500. The fourth-order valence-electron chi connectivity index (χ4n) is 0. The molecule has 4 heteroatoms. The second-order valence-electron chi connectivity index (χ2n) is 0. The van der Waals surface area contributed by atoms with E-state index >= 15 is 0 Å². The Labute approximate surface area is 53.3 Å². The summed E-state index contributed by atoms with van der Waals surface area (Å²) >= 11 is 2.00. The molecule has 0 saturated carbocycles. The molecule has 0 aliphatic heterocycles. The van der Waals surface area contributed by atoms with Crippen LogP contribution in [0.2, 0.25) is 0 Å². The fraction of sp³-hybridized carbons (Fsp3) is 0. The topological polar surface area (TPSA) is 17.1 Å². The standard InChI is InChI=1S/Fe.Mn.Ni.O. The Kier molecular flexibility index (Phi) is 125. The zero-order valence-electron chi connectivity index (χ0n) is 1.46. The van der Waals surface area contributed by atoms with Crippen molar-refractivity contribution in [3.8, 4) is 0 Å². The number of hydrogen-bond donors (Lipinski definition) is 0. The van der Waals surface area contributed by atoms with E-state index in [9.17, 15) is 0 Å². The van der Waals surface area contributed by atoms with Crippen LogP contribution in [0.3, 0.4) is 0 Å². The average Bonchev–Trinajstić information content (AvgIpc) is 1.00. The van der Waals surface area contributed by atoms with E-state index in [1.54, 1.807) is 0 Å². The van der Waals surface area contributed by atoms with Gasteiger partial charge in [-0.2, -0.15) is 0 Å². The van der Waals surface area contributed by atoms with Gasteiger partial charge < -0.3 is 0 Å². The molecule has 0 bridgehead atoms. The van der Waals surface area contributed by atoms with E-state index in [0.29, 0.717) is 0 Å². The predicted octanol–water partition coefficient (Wildman–Crippen LogP) is -0.126. The molecule has 0 heterocycles. The van der Waals surface area contributed by atoms with Crippen LogP contribution in [0, 0.1) is 0 Å². The van der Waals surface area contributed by atoms with Crippen molar-refractivity contribution in [2.75, 3.05) is 0 Å². The zero-order valence-corrected chi connectivity index (χ0v) is 4.73. The van der Waals surface area contributed by atoms with Crippen molar-refractivity contribution in [3.05, 3.63) is 0 Å². The molecule has 31 valence electrons. The molecule has 0 atom stereocenters. The zero-order chi connectivity index (χ0) is 2.00. The molecule has 0 aliphatic carbocycles. The van der Waals surface area contributed by atoms with E-state index < -0.39 is 0 Å². The summed E-state index contributed by atoms with van der Waals surface area (Å²) in [5.41, 5.74) is 0. The average molecular weight is 185 g/mol. The molecule has 0 saturated heterocycles. The molecule has 0 N–H and O–H groups in total. The van der Waals surface area contributed by atoms with Crippen LogP contribution in [0.25, 0.3) is 0 Å². The molecule has 1 radical (unpaired) electrons.